The molecule has 2 heterocycles. The Labute approximate surface area is 115 Å². The Morgan fingerprint density at radius 1 is 1.21 bits per heavy atom. The van der Waals surface area contributed by atoms with E-state index in [-0.39, 0.29) is 5.92 Å². The van der Waals surface area contributed by atoms with Crippen LogP contribution in [0.5, 0.6) is 0 Å². The monoisotopic (exact) mass is 258 g/mol. The Kier molecular flexibility index (Phi) is 3.56. The molecule has 1 aromatic rings. The summed E-state index contributed by atoms with van der Waals surface area (Å²) in [6.45, 7) is 6.03. The van der Waals surface area contributed by atoms with Crippen LogP contribution in [-0.2, 0) is 4.79 Å². The fourth-order valence-corrected chi connectivity index (χ4v) is 3.44. The van der Waals surface area contributed by atoms with E-state index < -0.39 is 0 Å². The maximum Gasteiger partial charge on any atom is 0.229 e. The van der Waals surface area contributed by atoms with E-state index >= 15 is 0 Å². The van der Waals surface area contributed by atoms with Gasteiger partial charge in [-0.3, -0.25) is 4.79 Å². The molecule has 102 valence electrons. The number of carbonyl (C=O) groups is 1. The third-order valence-electron chi connectivity index (χ3n) is 4.47. The summed E-state index contributed by atoms with van der Waals surface area (Å²) < 4.78 is 0. The van der Waals surface area contributed by atoms with Crippen LogP contribution in [0.1, 0.15) is 24.8 Å². The normalized spacial score (nSPS) is 27.9. The molecule has 0 spiro atoms. The standard InChI is InChI=1S/C16H22N2O/c1-12(15-5-3-2-4-6-15)16(19)18-10-13-7-14(11-18)9-17-8-13/h2-6,12-14,17H,7-11H2,1H3. The number of nitrogens with zero attached hydrogens (tertiary/aromatic N) is 1. The number of likely N-dealkylation sites (tertiary alicyclic amines) is 1. The van der Waals surface area contributed by atoms with Gasteiger partial charge < -0.3 is 10.2 Å². The molecule has 2 saturated heterocycles. The molecule has 2 fully saturated rings. The molecular weight excluding hydrogens is 236 g/mol. The van der Waals surface area contributed by atoms with Gasteiger partial charge in [0.2, 0.25) is 5.91 Å². The van der Waals surface area contributed by atoms with Gasteiger partial charge >= 0.3 is 0 Å². The topological polar surface area (TPSA) is 32.3 Å². The van der Waals surface area contributed by atoms with Gasteiger partial charge in [0.25, 0.3) is 0 Å². The fourth-order valence-electron chi connectivity index (χ4n) is 3.44. The second kappa shape index (κ2) is 5.33. The van der Waals surface area contributed by atoms with Gasteiger partial charge in [-0.2, -0.15) is 0 Å². The van der Waals surface area contributed by atoms with Crippen molar-refractivity contribution < 1.29 is 4.79 Å². The Morgan fingerprint density at radius 3 is 2.47 bits per heavy atom. The van der Waals surface area contributed by atoms with E-state index in [4.69, 9.17) is 0 Å². The summed E-state index contributed by atoms with van der Waals surface area (Å²) in [4.78, 5) is 14.7. The summed E-state index contributed by atoms with van der Waals surface area (Å²) in [7, 11) is 0. The second-order valence-corrected chi connectivity index (χ2v) is 6.00. The van der Waals surface area contributed by atoms with Crippen molar-refractivity contribution >= 4 is 5.91 Å². The molecule has 3 heteroatoms. The molecular formula is C16H22N2O. The van der Waals surface area contributed by atoms with Crippen molar-refractivity contribution in [3.63, 3.8) is 0 Å². The summed E-state index contributed by atoms with van der Waals surface area (Å²) in [6.07, 6.45) is 1.29. The highest BCUT2D eigenvalue weighted by Crippen LogP contribution is 2.27. The Morgan fingerprint density at radius 2 is 1.84 bits per heavy atom. The van der Waals surface area contributed by atoms with Crippen LogP contribution in [0.2, 0.25) is 0 Å². The SMILES string of the molecule is CC(C(=O)N1CC2CNCC(C2)C1)c1ccccc1. The maximum absolute atomic E-state index is 12.6. The number of carbonyl (C=O) groups excluding carboxylic acids is 1. The molecule has 2 bridgehead atoms. The highest BCUT2D eigenvalue weighted by atomic mass is 16.2. The van der Waals surface area contributed by atoms with Gasteiger partial charge in [0.05, 0.1) is 5.92 Å². The summed E-state index contributed by atoms with van der Waals surface area (Å²) in [6, 6.07) is 10.1. The van der Waals surface area contributed by atoms with Crippen molar-refractivity contribution in [1.82, 2.24) is 10.2 Å². The summed E-state index contributed by atoms with van der Waals surface area (Å²) in [5, 5.41) is 3.47. The first-order valence-electron chi connectivity index (χ1n) is 7.28. The lowest BCUT2D eigenvalue weighted by molar-refractivity contribution is -0.135. The van der Waals surface area contributed by atoms with Crippen LogP contribution in [0.15, 0.2) is 30.3 Å². The van der Waals surface area contributed by atoms with Crippen LogP contribution >= 0.6 is 0 Å². The quantitative estimate of drug-likeness (QED) is 0.878. The molecule has 3 atom stereocenters. The van der Waals surface area contributed by atoms with Crippen molar-refractivity contribution in [2.45, 2.75) is 19.3 Å². The third kappa shape index (κ3) is 2.66. The minimum absolute atomic E-state index is 0.0204. The molecule has 0 aliphatic carbocycles. The van der Waals surface area contributed by atoms with E-state index in [0.717, 1.165) is 31.7 Å². The number of rotatable bonds is 2. The fraction of sp³-hybridized carbons (Fsp3) is 0.562. The maximum atomic E-state index is 12.6. The molecule has 19 heavy (non-hydrogen) atoms. The van der Waals surface area contributed by atoms with Crippen LogP contribution in [0.25, 0.3) is 0 Å². The molecule has 3 nitrogen and oxygen atoms in total. The Hall–Kier alpha value is -1.35. The summed E-state index contributed by atoms with van der Waals surface area (Å²) in [5.41, 5.74) is 1.13. The van der Waals surface area contributed by atoms with Gasteiger partial charge in [0.1, 0.15) is 0 Å². The van der Waals surface area contributed by atoms with Gasteiger partial charge in [-0.05, 0) is 43.8 Å². The summed E-state index contributed by atoms with van der Waals surface area (Å²) in [5.74, 6) is 1.58. The number of piperidine rings is 2. The highest BCUT2D eigenvalue weighted by molar-refractivity contribution is 5.83. The zero-order valence-electron chi connectivity index (χ0n) is 11.5. The predicted octanol–water partition coefficient (Wildman–Crippen LogP) is 1.86. The molecule has 3 rings (SSSR count). The van der Waals surface area contributed by atoms with Crippen molar-refractivity contribution in [2.75, 3.05) is 26.2 Å². The Balaban J connectivity index is 1.70. The van der Waals surface area contributed by atoms with E-state index in [0.29, 0.717) is 17.7 Å². The molecule has 0 radical (unpaired) electrons. The lowest BCUT2D eigenvalue weighted by Gasteiger charge is -2.42. The second-order valence-electron chi connectivity index (χ2n) is 6.00. The van der Waals surface area contributed by atoms with Crippen molar-refractivity contribution in [3.8, 4) is 0 Å². The zero-order valence-corrected chi connectivity index (χ0v) is 11.5. The van der Waals surface area contributed by atoms with Crippen LogP contribution in [0, 0.1) is 11.8 Å². The zero-order chi connectivity index (χ0) is 13.2. The largest absolute Gasteiger partial charge is 0.342 e. The summed E-state index contributed by atoms with van der Waals surface area (Å²) >= 11 is 0. The van der Waals surface area contributed by atoms with Crippen LogP contribution in [-0.4, -0.2) is 37.0 Å². The minimum atomic E-state index is -0.0204. The average molecular weight is 258 g/mol. The van der Waals surface area contributed by atoms with Gasteiger partial charge in [-0.25, -0.2) is 0 Å². The van der Waals surface area contributed by atoms with Crippen LogP contribution in [0.3, 0.4) is 0 Å². The molecule has 1 amide bonds. The highest BCUT2D eigenvalue weighted by Gasteiger charge is 2.34. The van der Waals surface area contributed by atoms with Gasteiger partial charge in [0, 0.05) is 13.1 Å². The van der Waals surface area contributed by atoms with Crippen LogP contribution < -0.4 is 5.32 Å². The lowest BCUT2D eigenvalue weighted by atomic mass is 9.85. The number of fused-ring (bicyclic) bond motifs is 2. The first kappa shape index (κ1) is 12.7. The molecule has 2 aliphatic heterocycles. The first-order valence-corrected chi connectivity index (χ1v) is 7.28. The number of benzene rings is 1. The van der Waals surface area contributed by atoms with E-state index in [9.17, 15) is 4.79 Å². The van der Waals surface area contributed by atoms with Crippen molar-refractivity contribution in [1.29, 1.82) is 0 Å². The van der Waals surface area contributed by atoms with Crippen molar-refractivity contribution in [2.24, 2.45) is 11.8 Å². The third-order valence-corrected chi connectivity index (χ3v) is 4.47. The number of hydrogen-bond acceptors (Lipinski definition) is 2. The number of nitrogens with one attached hydrogen (secondary N) is 1. The Bertz CT molecular complexity index is 433. The van der Waals surface area contributed by atoms with Crippen molar-refractivity contribution in [3.05, 3.63) is 35.9 Å². The van der Waals surface area contributed by atoms with E-state index in [1.165, 1.54) is 6.42 Å². The molecule has 3 unspecified atom stereocenters. The predicted molar refractivity (Wildman–Crippen MR) is 75.9 cm³/mol. The average Bonchev–Trinajstić information content (AvgIpc) is 2.46. The van der Waals surface area contributed by atoms with Gasteiger partial charge in [0.15, 0.2) is 0 Å². The number of hydrogen-bond donors (Lipinski definition) is 1. The first-order chi connectivity index (χ1) is 9.24. The van der Waals surface area contributed by atoms with Gasteiger partial charge in [-0.1, -0.05) is 30.3 Å². The molecule has 0 saturated carbocycles. The smallest absolute Gasteiger partial charge is 0.229 e. The molecule has 1 aromatic carbocycles. The molecule has 2 aliphatic rings. The lowest BCUT2D eigenvalue weighted by Crippen LogP contribution is -2.53. The molecule has 0 aromatic heterocycles. The number of amides is 1. The van der Waals surface area contributed by atoms with Gasteiger partial charge in [-0.15, -0.1) is 0 Å². The van der Waals surface area contributed by atoms with Crippen LogP contribution in [0.4, 0.5) is 0 Å². The van der Waals surface area contributed by atoms with E-state index in [2.05, 4.69) is 22.3 Å². The van der Waals surface area contributed by atoms with E-state index in [1.54, 1.807) is 0 Å². The molecule has 1 N–H and O–H groups in total. The van der Waals surface area contributed by atoms with E-state index in [1.807, 2.05) is 25.1 Å². The minimum Gasteiger partial charge on any atom is -0.342 e.